The summed E-state index contributed by atoms with van der Waals surface area (Å²) in [6.07, 6.45) is 1.42. The summed E-state index contributed by atoms with van der Waals surface area (Å²) in [6.45, 7) is 0. The van der Waals surface area contributed by atoms with Crippen molar-refractivity contribution >= 4 is 33.2 Å². The van der Waals surface area contributed by atoms with Crippen LogP contribution in [-0.4, -0.2) is 4.98 Å². The van der Waals surface area contributed by atoms with E-state index in [1.807, 2.05) is 0 Å². The molecule has 0 spiro atoms. The molecule has 2 aromatic rings. The lowest BCUT2D eigenvalue weighted by molar-refractivity contribution is 0.425. The second kappa shape index (κ2) is 4.89. The molecule has 17 heavy (non-hydrogen) atoms. The zero-order valence-electron chi connectivity index (χ0n) is 8.45. The van der Waals surface area contributed by atoms with Crippen LogP contribution >= 0.6 is 27.5 Å². The van der Waals surface area contributed by atoms with Crippen molar-refractivity contribution in [1.29, 1.82) is 0 Å². The van der Waals surface area contributed by atoms with E-state index in [9.17, 15) is 4.39 Å². The maximum atomic E-state index is 13.6. The van der Waals surface area contributed by atoms with Gasteiger partial charge in [-0.25, -0.2) is 9.37 Å². The summed E-state index contributed by atoms with van der Waals surface area (Å²) in [5.41, 5.74) is 6.01. The van der Waals surface area contributed by atoms with Gasteiger partial charge in [0.2, 0.25) is 5.88 Å². The van der Waals surface area contributed by atoms with Gasteiger partial charge < -0.3 is 10.5 Å². The van der Waals surface area contributed by atoms with Gasteiger partial charge in [-0.1, -0.05) is 17.7 Å². The molecule has 0 saturated carbocycles. The van der Waals surface area contributed by atoms with Crippen molar-refractivity contribution in [2.24, 2.45) is 0 Å². The summed E-state index contributed by atoms with van der Waals surface area (Å²) in [4.78, 5) is 3.94. The Morgan fingerprint density at radius 2 is 2.18 bits per heavy atom. The smallest absolute Gasteiger partial charge is 0.233 e. The van der Waals surface area contributed by atoms with E-state index in [1.165, 1.54) is 18.3 Å². The number of hydrogen-bond donors (Lipinski definition) is 1. The third-order valence-corrected chi connectivity index (χ3v) is 2.81. The quantitative estimate of drug-likeness (QED) is 0.910. The lowest BCUT2D eigenvalue weighted by Gasteiger charge is -2.08. The first-order valence-corrected chi connectivity index (χ1v) is 5.78. The molecular weight excluding hydrogens is 310 g/mol. The zero-order chi connectivity index (χ0) is 12.4. The van der Waals surface area contributed by atoms with Crippen molar-refractivity contribution in [1.82, 2.24) is 4.98 Å². The van der Waals surface area contributed by atoms with Crippen LogP contribution in [-0.2, 0) is 0 Å². The van der Waals surface area contributed by atoms with Crippen LogP contribution in [0.3, 0.4) is 0 Å². The van der Waals surface area contributed by atoms with Gasteiger partial charge in [0.25, 0.3) is 0 Å². The summed E-state index contributed by atoms with van der Waals surface area (Å²) in [5.74, 6) is -0.393. The number of anilines is 1. The molecule has 0 unspecified atom stereocenters. The number of rotatable bonds is 2. The molecule has 0 amide bonds. The standard InChI is InChI=1S/C11H7BrClFN2O/c12-7-4-6(15)5-16-11(7)17-9-3-1-2-8(13)10(9)14/h1-5H,15H2. The fraction of sp³-hybridized carbons (Fsp3) is 0. The lowest BCUT2D eigenvalue weighted by Crippen LogP contribution is -1.94. The van der Waals surface area contributed by atoms with Gasteiger partial charge in [0.05, 0.1) is 21.4 Å². The van der Waals surface area contributed by atoms with Gasteiger partial charge >= 0.3 is 0 Å². The molecule has 1 aromatic heterocycles. The molecule has 0 aliphatic heterocycles. The maximum absolute atomic E-state index is 13.6. The van der Waals surface area contributed by atoms with Gasteiger partial charge in [-0.2, -0.15) is 0 Å². The molecule has 2 N–H and O–H groups in total. The molecule has 88 valence electrons. The van der Waals surface area contributed by atoms with Crippen molar-refractivity contribution in [3.05, 3.63) is 45.8 Å². The van der Waals surface area contributed by atoms with Gasteiger partial charge in [0.15, 0.2) is 11.6 Å². The lowest BCUT2D eigenvalue weighted by atomic mass is 10.3. The van der Waals surface area contributed by atoms with Crippen molar-refractivity contribution in [3.8, 4) is 11.6 Å². The van der Waals surface area contributed by atoms with Crippen LogP contribution in [0.25, 0.3) is 0 Å². The van der Waals surface area contributed by atoms with E-state index in [0.29, 0.717) is 10.2 Å². The van der Waals surface area contributed by atoms with Crippen LogP contribution in [0.2, 0.25) is 5.02 Å². The van der Waals surface area contributed by atoms with Crippen LogP contribution in [0.5, 0.6) is 11.6 Å². The molecule has 0 aliphatic carbocycles. The summed E-state index contributed by atoms with van der Waals surface area (Å²) in [6, 6.07) is 6.11. The minimum absolute atomic E-state index is 0.00549. The molecule has 6 heteroatoms. The van der Waals surface area contributed by atoms with Crippen LogP contribution in [0.4, 0.5) is 10.1 Å². The molecule has 0 aliphatic rings. The largest absolute Gasteiger partial charge is 0.435 e. The first-order valence-electron chi connectivity index (χ1n) is 4.61. The highest BCUT2D eigenvalue weighted by Crippen LogP contribution is 2.32. The summed E-state index contributed by atoms with van der Waals surface area (Å²) >= 11 is 8.86. The monoisotopic (exact) mass is 316 g/mol. The second-order valence-corrected chi connectivity index (χ2v) is 4.47. The van der Waals surface area contributed by atoms with Gasteiger partial charge in [-0.3, -0.25) is 0 Å². The molecule has 0 bridgehead atoms. The maximum Gasteiger partial charge on any atom is 0.233 e. The normalized spacial score (nSPS) is 10.3. The molecular formula is C11H7BrClFN2O. The average Bonchev–Trinajstić information content (AvgIpc) is 2.28. The molecule has 0 radical (unpaired) electrons. The first-order chi connectivity index (χ1) is 8.08. The van der Waals surface area contributed by atoms with E-state index in [4.69, 9.17) is 22.1 Å². The average molecular weight is 318 g/mol. The Kier molecular flexibility index (Phi) is 3.49. The minimum Gasteiger partial charge on any atom is -0.435 e. The van der Waals surface area contributed by atoms with Gasteiger partial charge in [-0.05, 0) is 34.1 Å². The Bertz CT molecular complexity index is 565. The number of ether oxygens (including phenoxy) is 1. The first kappa shape index (κ1) is 12.1. The van der Waals surface area contributed by atoms with Crippen LogP contribution in [0.15, 0.2) is 34.9 Å². The van der Waals surface area contributed by atoms with E-state index in [0.717, 1.165) is 0 Å². The van der Waals surface area contributed by atoms with Crippen molar-refractivity contribution < 1.29 is 9.13 Å². The van der Waals surface area contributed by atoms with E-state index in [2.05, 4.69) is 20.9 Å². The fourth-order valence-corrected chi connectivity index (χ4v) is 1.80. The van der Waals surface area contributed by atoms with Crippen molar-refractivity contribution in [2.45, 2.75) is 0 Å². The van der Waals surface area contributed by atoms with E-state index < -0.39 is 5.82 Å². The molecule has 0 saturated heterocycles. The van der Waals surface area contributed by atoms with Crippen molar-refractivity contribution in [3.63, 3.8) is 0 Å². The van der Waals surface area contributed by atoms with Gasteiger partial charge in [-0.15, -0.1) is 0 Å². The Hall–Kier alpha value is -1.33. The Morgan fingerprint density at radius 3 is 2.88 bits per heavy atom. The van der Waals surface area contributed by atoms with Crippen LogP contribution in [0.1, 0.15) is 0 Å². The number of pyridine rings is 1. The predicted octanol–water partition coefficient (Wildman–Crippen LogP) is 4.01. The number of hydrogen-bond acceptors (Lipinski definition) is 3. The number of nitrogens with two attached hydrogens (primary N) is 1. The summed E-state index contributed by atoms with van der Waals surface area (Å²) in [5, 5.41) is -0.00549. The second-order valence-electron chi connectivity index (χ2n) is 3.21. The zero-order valence-corrected chi connectivity index (χ0v) is 10.8. The SMILES string of the molecule is Nc1cnc(Oc2cccc(Cl)c2F)c(Br)c1. The predicted molar refractivity (Wildman–Crippen MR) is 67.8 cm³/mol. The minimum atomic E-state index is -0.625. The highest BCUT2D eigenvalue weighted by molar-refractivity contribution is 9.10. The van der Waals surface area contributed by atoms with E-state index in [1.54, 1.807) is 12.1 Å². The van der Waals surface area contributed by atoms with Crippen molar-refractivity contribution in [2.75, 3.05) is 5.73 Å². The summed E-state index contributed by atoms with van der Waals surface area (Å²) in [7, 11) is 0. The third-order valence-electron chi connectivity index (χ3n) is 1.95. The molecule has 1 heterocycles. The van der Waals surface area contributed by atoms with Gasteiger partial charge in [0.1, 0.15) is 0 Å². The number of halogens is 3. The van der Waals surface area contributed by atoms with E-state index in [-0.39, 0.29) is 16.7 Å². The number of nitrogen functional groups attached to an aromatic ring is 1. The molecule has 2 rings (SSSR count). The topological polar surface area (TPSA) is 48.1 Å². The van der Waals surface area contributed by atoms with Crippen LogP contribution < -0.4 is 10.5 Å². The Labute approximate surface area is 110 Å². The number of benzene rings is 1. The molecule has 1 aromatic carbocycles. The highest BCUT2D eigenvalue weighted by atomic mass is 79.9. The Balaban J connectivity index is 2.35. The van der Waals surface area contributed by atoms with Crippen LogP contribution in [0, 0.1) is 5.82 Å². The third kappa shape index (κ3) is 2.68. The Morgan fingerprint density at radius 1 is 1.41 bits per heavy atom. The number of nitrogens with zero attached hydrogens (tertiary/aromatic N) is 1. The number of aromatic nitrogens is 1. The summed E-state index contributed by atoms with van der Waals surface area (Å²) < 4.78 is 19.4. The van der Waals surface area contributed by atoms with E-state index >= 15 is 0 Å². The molecule has 3 nitrogen and oxygen atoms in total. The highest BCUT2D eigenvalue weighted by Gasteiger charge is 2.11. The van der Waals surface area contributed by atoms with Gasteiger partial charge in [0, 0.05) is 0 Å². The molecule has 0 atom stereocenters. The molecule has 0 fully saturated rings. The fourth-order valence-electron chi connectivity index (χ4n) is 1.18.